The summed E-state index contributed by atoms with van der Waals surface area (Å²) in [6, 6.07) is 16.2. The van der Waals surface area contributed by atoms with E-state index in [1.807, 2.05) is 18.2 Å². The van der Waals surface area contributed by atoms with Crippen molar-refractivity contribution in [2.75, 3.05) is 19.0 Å². The first-order valence-corrected chi connectivity index (χ1v) is 11.6. The lowest BCUT2D eigenvalue weighted by Crippen LogP contribution is -2.32. The van der Waals surface area contributed by atoms with Gasteiger partial charge in [0.05, 0.1) is 23.4 Å². The predicted octanol–water partition coefficient (Wildman–Crippen LogP) is 3.56. The molecule has 1 saturated heterocycles. The number of thioether (sulfide) groups is 1. The lowest BCUT2D eigenvalue weighted by molar-refractivity contribution is -0.123. The molecule has 0 aliphatic carbocycles. The largest absolute Gasteiger partial charge is 0.497 e. The average molecular weight is 493 g/mol. The number of carbonyl (C=O) groups is 3. The molecule has 1 aromatic heterocycles. The number of anilines is 1. The highest BCUT2D eigenvalue weighted by molar-refractivity contribution is 8.18. The van der Waals surface area contributed by atoms with E-state index in [4.69, 9.17) is 4.74 Å². The van der Waals surface area contributed by atoms with Gasteiger partial charge in [0.15, 0.2) is 0 Å². The number of ether oxygens (including phenoxy) is 1. The molecule has 4 rings (SSSR count). The first kappa shape index (κ1) is 24.1. The van der Waals surface area contributed by atoms with E-state index in [0.717, 1.165) is 22.2 Å². The van der Waals surface area contributed by atoms with Gasteiger partial charge in [0.2, 0.25) is 5.91 Å². The minimum atomic E-state index is -0.464. The van der Waals surface area contributed by atoms with Gasteiger partial charge >= 0.3 is 0 Å². The normalized spacial score (nSPS) is 14.6. The summed E-state index contributed by atoms with van der Waals surface area (Å²) >= 11 is 0.829. The smallest absolute Gasteiger partial charge is 0.295 e. The van der Waals surface area contributed by atoms with Crippen LogP contribution in [0.3, 0.4) is 0 Å². The van der Waals surface area contributed by atoms with Crippen molar-refractivity contribution in [1.82, 2.24) is 14.3 Å². The molecular formula is C25H24N4O5S. The summed E-state index contributed by atoms with van der Waals surface area (Å²) in [5, 5.41) is 2.21. The number of carbonyl (C=O) groups excluding carboxylic acids is 3. The van der Waals surface area contributed by atoms with Crippen LogP contribution in [-0.4, -0.2) is 45.0 Å². The Morgan fingerprint density at radius 3 is 2.40 bits per heavy atom. The van der Waals surface area contributed by atoms with E-state index in [-0.39, 0.29) is 29.1 Å². The molecule has 0 radical (unpaired) electrons. The Morgan fingerprint density at radius 1 is 1.06 bits per heavy atom. The maximum Gasteiger partial charge on any atom is 0.295 e. The summed E-state index contributed by atoms with van der Waals surface area (Å²) in [4.78, 5) is 52.0. The number of nitrogens with one attached hydrogen (secondary N) is 1. The van der Waals surface area contributed by atoms with Crippen molar-refractivity contribution >= 4 is 40.6 Å². The molecular weight excluding hydrogens is 468 g/mol. The lowest BCUT2D eigenvalue weighted by Gasteiger charge is -2.12. The second kappa shape index (κ2) is 10.1. The van der Waals surface area contributed by atoms with Crippen LogP contribution in [-0.2, 0) is 16.6 Å². The van der Waals surface area contributed by atoms with Crippen LogP contribution in [0.25, 0.3) is 11.8 Å². The number of nitrogens with zero attached hydrogens (tertiary/aromatic N) is 3. The fourth-order valence-corrected chi connectivity index (χ4v) is 4.54. The van der Waals surface area contributed by atoms with Crippen LogP contribution >= 0.6 is 11.8 Å². The lowest BCUT2D eigenvalue weighted by atomic mass is 10.2. The minimum absolute atomic E-state index is 0.0881. The Labute approximate surface area is 206 Å². The number of benzene rings is 2. The van der Waals surface area contributed by atoms with Crippen LogP contribution in [0, 0.1) is 6.92 Å². The van der Waals surface area contributed by atoms with Gasteiger partial charge < -0.3 is 10.1 Å². The summed E-state index contributed by atoms with van der Waals surface area (Å²) in [7, 11) is 3.30. The van der Waals surface area contributed by atoms with Crippen molar-refractivity contribution in [3.8, 4) is 11.4 Å². The highest BCUT2D eigenvalue weighted by Gasteiger charge is 2.35. The van der Waals surface area contributed by atoms with Gasteiger partial charge in [-0.25, -0.2) is 4.68 Å². The van der Waals surface area contributed by atoms with Crippen LogP contribution in [0.1, 0.15) is 17.7 Å². The molecule has 1 fully saturated rings. The zero-order chi connectivity index (χ0) is 25.1. The van der Waals surface area contributed by atoms with Crippen molar-refractivity contribution in [3.63, 3.8) is 0 Å². The van der Waals surface area contributed by atoms with Crippen molar-refractivity contribution < 1.29 is 19.1 Å². The van der Waals surface area contributed by atoms with Crippen LogP contribution in [0.15, 0.2) is 64.3 Å². The zero-order valence-corrected chi connectivity index (χ0v) is 20.3. The molecule has 0 bridgehead atoms. The predicted molar refractivity (Wildman–Crippen MR) is 135 cm³/mol. The van der Waals surface area contributed by atoms with Crippen LogP contribution in [0.4, 0.5) is 10.5 Å². The van der Waals surface area contributed by atoms with Crippen molar-refractivity contribution in [2.24, 2.45) is 7.05 Å². The Bertz CT molecular complexity index is 1370. The number of para-hydroxylation sites is 1. The van der Waals surface area contributed by atoms with E-state index in [1.165, 1.54) is 4.68 Å². The number of imide groups is 1. The summed E-state index contributed by atoms with van der Waals surface area (Å²) in [6.45, 7) is 1.64. The Balaban J connectivity index is 1.43. The number of amides is 3. The molecule has 10 heteroatoms. The van der Waals surface area contributed by atoms with E-state index in [9.17, 15) is 19.2 Å². The number of rotatable bonds is 7. The quantitative estimate of drug-likeness (QED) is 0.506. The first-order valence-electron chi connectivity index (χ1n) is 10.8. The maximum absolute atomic E-state index is 13.0. The van der Waals surface area contributed by atoms with E-state index >= 15 is 0 Å². The molecule has 2 aromatic carbocycles. The Morgan fingerprint density at radius 2 is 1.74 bits per heavy atom. The molecule has 1 aliphatic rings. The van der Waals surface area contributed by atoms with Crippen LogP contribution < -0.4 is 15.6 Å². The van der Waals surface area contributed by atoms with E-state index in [2.05, 4.69) is 5.32 Å². The average Bonchev–Trinajstić information content (AvgIpc) is 3.24. The molecule has 0 unspecified atom stereocenters. The molecule has 9 nitrogen and oxygen atoms in total. The van der Waals surface area contributed by atoms with Crippen LogP contribution in [0.5, 0.6) is 5.75 Å². The van der Waals surface area contributed by atoms with Gasteiger partial charge in [-0.05, 0) is 54.6 Å². The molecule has 2 heterocycles. The first-order chi connectivity index (χ1) is 16.8. The van der Waals surface area contributed by atoms with E-state index in [0.29, 0.717) is 17.1 Å². The van der Waals surface area contributed by atoms with Gasteiger partial charge in [0, 0.05) is 20.0 Å². The molecule has 0 atom stereocenters. The number of methoxy groups -OCH3 is 1. The Kier molecular flexibility index (Phi) is 6.92. The number of hydrogen-bond acceptors (Lipinski definition) is 6. The molecule has 3 aromatic rings. The van der Waals surface area contributed by atoms with Crippen LogP contribution in [0.2, 0.25) is 0 Å². The highest BCUT2D eigenvalue weighted by atomic mass is 32.2. The molecule has 3 amide bonds. The third-order valence-corrected chi connectivity index (χ3v) is 6.58. The topological polar surface area (TPSA) is 103 Å². The third kappa shape index (κ3) is 4.92. The molecule has 0 saturated carbocycles. The molecule has 35 heavy (non-hydrogen) atoms. The SMILES string of the molecule is COc1ccc(/C=C2\SC(=O)N(CCC(=O)Nc3c(C)n(C)n(-c4ccccc4)c3=O)C2=O)cc1. The van der Waals surface area contributed by atoms with Gasteiger partial charge in [0.1, 0.15) is 11.4 Å². The molecule has 1 aliphatic heterocycles. The fourth-order valence-electron chi connectivity index (χ4n) is 3.67. The summed E-state index contributed by atoms with van der Waals surface area (Å²) in [5.41, 5.74) is 1.81. The summed E-state index contributed by atoms with van der Waals surface area (Å²) < 4.78 is 8.25. The zero-order valence-electron chi connectivity index (χ0n) is 19.5. The van der Waals surface area contributed by atoms with Crippen molar-refractivity contribution in [2.45, 2.75) is 13.3 Å². The highest BCUT2D eigenvalue weighted by Crippen LogP contribution is 2.32. The second-order valence-corrected chi connectivity index (χ2v) is 8.83. The summed E-state index contributed by atoms with van der Waals surface area (Å²) in [5.74, 6) is -0.231. The molecule has 0 spiro atoms. The van der Waals surface area contributed by atoms with Gasteiger partial charge in [-0.1, -0.05) is 30.3 Å². The van der Waals surface area contributed by atoms with E-state index < -0.39 is 17.1 Å². The third-order valence-electron chi connectivity index (χ3n) is 5.67. The van der Waals surface area contributed by atoms with Gasteiger partial charge in [-0.3, -0.25) is 28.8 Å². The standard InChI is InChI=1S/C25H24N4O5S/c1-16-22(24(32)29(27(16)2)18-7-5-4-6-8-18)26-21(30)13-14-28-23(31)20(35-25(28)33)15-17-9-11-19(34-3)12-10-17/h4-12,15H,13-14H2,1-3H3,(H,26,30)/b20-15-. The summed E-state index contributed by atoms with van der Waals surface area (Å²) in [6.07, 6.45) is 1.50. The fraction of sp³-hybridized carbons (Fsp3) is 0.200. The number of hydrogen-bond donors (Lipinski definition) is 1. The molecule has 1 N–H and O–H groups in total. The Hall–Kier alpha value is -4.05. The monoisotopic (exact) mass is 492 g/mol. The van der Waals surface area contributed by atoms with Gasteiger partial charge in [0.25, 0.3) is 16.7 Å². The minimum Gasteiger partial charge on any atom is -0.497 e. The number of aromatic nitrogens is 2. The second-order valence-electron chi connectivity index (χ2n) is 7.84. The van der Waals surface area contributed by atoms with Gasteiger partial charge in [-0.2, -0.15) is 0 Å². The van der Waals surface area contributed by atoms with Crippen molar-refractivity contribution in [3.05, 3.63) is 81.1 Å². The van der Waals surface area contributed by atoms with E-state index in [1.54, 1.807) is 68.2 Å². The maximum atomic E-state index is 13.0. The van der Waals surface area contributed by atoms with Crippen molar-refractivity contribution in [1.29, 1.82) is 0 Å². The van der Waals surface area contributed by atoms with Gasteiger partial charge in [-0.15, -0.1) is 0 Å². The molecule has 180 valence electrons.